The second-order valence-electron chi connectivity index (χ2n) is 2.04. The number of hydrogen-bond donors (Lipinski definition) is 0. The number of halogens is 1. The summed E-state index contributed by atoms with van der Waals surface area (Å²) in [6.45, 7) is 0. The van der Waals surface area contributed by atoms with Crippen molar-refractivity contribution in [2.24, 2.45) is 0 Å². The van der Waals surface area contributed by atoms with Gasteiger partial charge in [0.05, 0.1) is 0 Å². The van der Waals surface area contributed by atoms with Gasteiger partial charge in [-0.15, -0.1) is 0 Å². The zero-order valence-corrected chi connectivity index (χ0v) is 7.04. The third-order valence-corrected chi connectivity index (χ3v) is 8.55. The van der Waals surface area contributed by atoms with E-state index in [-0.39, 0.29) is 0 Å². The minimum absolute atomic E-state index is 0.691. The summed E-state index contributed by atoms with van der Waals surface area (Å²) in [5, 5.41) is 0. The normalized spacial score (nSPS) is 49.1. The number of fused-ring (bicyclic) bond motifs is 2. The van der Waals surface area contributed by atoms with Crippen molar-refractivity contribution in [1.82, 2.24) is 0 Å². The Labute approximate surface area is 58.7 Å². The van der Waals surface area contributed by atoms with Gasteiger partial charge < -0.3 is 0 Å². The average Bonchev–Trinajstić information content (AvgIpc) is 2.22. The Bertz CT molecular complexity index is 66.1. The molecule has 2 atom stereocenters. The summed E-state index contributed by atoms with van der Waals surface area (Å²) in [6, 6.07) is 0. The van der Waals surface area contributed by atoms with Crippen molar-refractivity contribution in [3.8, 4) is 0 Å². The molecular weight excluding hydrogens is 219 g/mol. The van der Waals surface area contributed by atoms with Crippen LogP contribution in [0.1, 0.15) is 12.8 Å². The quantitative estimate of drug-likeness (QED) is 0.351. The monoisotopic (exact) mass is 227 g/mol. The number of alkyl halides is 2. The van der Waals surface area contributed by atoms with Crippen LogP contribution in [-0.4, -0.2) is 12.9 Å². The Balaban J connectivity index is 2.12. The van der Waals surface area contributed by atoms with Crippen molar-refractivity contribution in [3.63, 3.8) is 0 Å². The Kier molecular flexibility index (Phi) is 1.26. The van der Waals surface area contributed by atoms with E-state index >= 15 is 0 Å². The van der Waals surface area contributed by atoms with Gasteiger partial charge in [-0.3, -0.25) is 0 Å². The molecule has 0 saturated carbocycles. The molecule has 0 nitrogen and oxygen atoms in total. The van der Waals surface area contributed by atoms with Gasteiger partial charge in [-0.05, 0) is 0 Å². The van der Waals surface area contributed by atoms with Crippen molar-refractivity contribution >= 4 is 11.8 Å². The molecule has 42 valence electrons. The number of hydrogen-bond acceptors (Lipinski definition) is 1. The molecule has 2 aliphatic heterocycles. The molecule has 0 aromatic carbocycles. The minimum atomic E-state index is 0.691. The van der Waals surface area contributed by atoms with E-state index in [1.54, 1.807) is 12.8 Å². The summed E-state index contributed by atoms with van der Waals surface area (Å²) in [7, 11) is 0. The molecule has 2 saturated heterocycles. The average molecular weight is 227 g/mol. The molecular formula is C5H8IS-. The zero-order chi connectivity index (χ0) is 4.69. The van der Waals surface area contributed by atoms with E-state index in [4.69, 9.17) is 0 Å². The first-order valence-corrected chi connectivity index (χ1v) is 6.23. The molecule has 0 radical (unpaired) electrons. The van der Waals surface area contributed by atoms with E-state index in [0.29, 0.717) is 21.2 Å². The number of rotatable bonds is 0. The molecule has 2 unspecified atom stereocenters. The van der Waals surface area contributed by atoms with Crippen molar-refractivity contribution < 1.29 is 21.2 Å². The Morgan fingerprint density at radius 2 is 2.43 bits per heavy atom. The first-order chi connectivity index (χ1) is 3.45. The molecule has 0 aromatic rings. The molecule has 7 heavy (non-hydrogen) atoms. The summed E-state index contributed by atoms with van der Waals surface area (Å²) in [5.74, 6) is 1.53. The van der Waals surface area contributed by atoms with Gasteiger partial charge in [0.1, 0.15) is 0 Å². The van der Waals surface area contributed by atoms with Crippen LogP contribution in [0.2, 0.25) is 0 Å². The molecule has 0 amide bonds. The van der Waals surface area contributed by atoms with Crippen molar-refractivity contribution in [3.05, 3.63) is 0 Å². The summed E-state index contributed by atoms with van der Waals surface area (Å²) < 4.78 is 2.44. The second kappa shape index (κ2) is 1.79. The molecule has 2 heterocycles. The number of thioether (sulfide) groups is 1. The van der Waals surface area contributed by atoms with Crippen molar-refractivity contribution in [2.75, 3.05) is 5.75 Å². The molecule has 2 rings (SSSR count). The molecule has 0 aromatic heterocycles. The van der Waals surface area contributed by atoms with Crippen LogP contribution in [0.4, 0.5) is 0 Å². The molecule has 0 spiro atoms. The molecule has 2 heteroatoms. The van der Waals surface area contributed by atoms with Gasteiger partial charge in [0.2, 0.25) is 0 Å². The van der Waals surface area contributed by atoms with Crippen LogP contribution in [0.3, 0.4) is 0 Å². The third-order valence-electron chi connectivity index (χ3n) is 1.48. The van der Waals surface area contributed by atoms with Crippen LogP contribution in [0.15, 0.2) is 0 Å². The van der Waals surface area contributed by atoms with Crippen molar-refractivity contribution in [1.29, 1.82) is 0 Å². The fraction of sp³-hybridized carbons (Fsp3) is 1.00. The van der Waals surface area contributed by atoms with Crippen molar-refractivity contribution in [2.45, 2.75) is 20.0 Å². The van der Waals surface area contributed by atoms with Gasteiger partial charge in [0.25, 0.3) is 0 Å². The summed E-state index contributed by atoms with van der Waals surface area (Å²) in [4.78, 5) is 0. The molecule has 2 aliphatic rings. The molecule has 2 bridgehead atoms. The van der Waals surface area contributed by atoms with E-state index in [9.17, 15) is 0 Å². The van der Waals surface area contributed by atoms with Gasteiger partial charge >= 0.3 is 58.7 Å². The topological polar surface area (TPSA) is 0 Å². The standard InChI is InChI=1S/C5H8IS/c1-2-5-6-4(1)3-7-5/h4-5H,1-3H2/q-1. The van der Waals surface area contributed by atoms with Gasteiger partial charge in [-0.1, -0.05) is 0 Å². The second-order valence-corrected chi connectivity index (χ2v) is 8.11. The van der Waals surface area contributed by atoms with Crippen LogP contribution in [0.5, 0.6) is 0 Å². The SMILES string of the molecule is C1CC2SCC1[I-]2. The fourth-order valence-corrected chi connectivity index (χ4v) is 8.16. The Morgan fingerprint density at radius 1 is 1.43 bits per heavy atom. The Morgan fingerprint density at radius 3 is 2.57 bits per heavy atom. The van der Waals surface area contributed by atoms with Crippen LogP contribution >= 0.6 is 11.8 Å². The van der Waals surface area contributed by atoms with E-state index in [1.807, 2.05) is 0 Å². The Hall–Kier alpha value is 1.08. The maximum absolute atomic E-state index is 2.24. The van der Waals surface area contributed by atoms with E-state index in [1.165, 1.54) is 12.9 Å². The third kappa shape index (κ3) is 0.803. The molecule has 0 N–H and O–H groups in total. The van der Waals surface area contributed by atoms with Gasteiger partial charge in [-0.25, -0.2) is 0 Å². The summed E-state index contributed by atoms with van der Waals surface area (Å²) in [6.07, 6.45) is 3.16. The predicted molar refractivity (Wildman–Crippen MR) is 29.3 cm³/mol. The summed E-state index contributed by atoms with van der Waals surface area (Å²) in [5.41, 5.74) is 0. The van der Waals surface area contributed by atoms with E-state index in [2.05, 4.69) is 11.8 Å². The fourth-order valence-electron chi connectivity index (χ4n) is 1.08. The van der Waals surface area contributed by atoms with Gasteiger partial charge in [-0.2, -0.15) is 0 Å². The first-order valence-electron chi connectivity index (χ1n) is 2.69. The van der Waals surface area contributed by atoms with Gasteiger partial charge in [0.15, 0.2) is 0 Å². The molecule has 2 fully saturated rings. The summed E-state index contributed by atoms with van der Waals surface area (Å²) >= 11 is 2.93. The van der Waals surface area contributed by atoms with Crippen LogP contribution in [0, 0.1) is 0 Å². The van der Waals surface area contributed by atoms with Crippen LogP contribution < -0.4 is 21.2 Å². The van der Waals surface area contributed by atoms with Crippen LogP contribution in [-0.2, 0) is 0 Å². The predicted octanol–water partition coefficient (Wildman–Crippen LogP) is -1.69. The maximum atomic E-state index is 2.24. The van der Waals surface area contributed by atoms with E-state index < -0.39 is 0 Å². The van der Waals surface area contributed by atoms with Gasteiger partial charge in [0, 0.05) is 0 Å². The zero-order valence-electron chi connectivity index (χ0n) is 4.06. The van der Waals surface area contributed by atoms with E-state index in [0.717, 1.165) is 0 Å². The molecule has 0 aliphatic carbocycles. The first kappa shape index (κ1) is 4.91. The van der Waals surface area contributed by atoms with Crippen LogP contribution in [0.25, 0.3) is 0 Å².